The summed E-state index contributed by atoms with van der Waals surface area (Å²) in [5.74, 6) is 0.982. The molecule has 3 heteroatoms. The van der Waals surface area contributed by atoms with Crippen molar-refractivity contribution in [1.29, 1.82) is 0 Å². The summed E-state index contributed by atoms with van der Waals surface area (Å²) in [7, 11) is 1.37. The third kappa shape index (κ3) is 5.16. The first kappa shape index (κ1) is 15.3. The van der Waals surface area contributed by atoms with Crippen molar-refractivity contribution in [2.24, 2.45) is 5.92 Å². The number of hydrogen-bond acceptors (Lipinski definition) is 3. The van der Waals surface area contributed by atoms with E-state index >= 15 is 0 Å². The van der Waals surface area contributed by atoms with Crippen LogP contribution in [-0.4, -0.2) is 13.1 Å². The van der Waals surface area contributed by atoms with Crippen LogP contribution in [0, 0.1) is 5.92 Å². The molecule has 0 aliphatic rings. The second-order valence-corrected chi connectivity index (χ2v) is 4.83. The van der Waals surface area contributed by atoms with Crippen LogP contribution in [0.4, 0.5) is 0 Å². The summed E-state index contributed by atoms with van der Waals surface area (Å²) < 4.78 is 10.0. The van der Waals surface area contributed by atoms with Gasteiger partial charge in [-0.3, -0.25) is 0 Å². The van der Waals surface area contributed by atoms with E-state index < -0.39 is 0 Å². The zero-order valence-corrected chi connectivity index (χ0v) is 11.9. The smallest absolute Gasteiger partial charge is 0.341 e. The Morgan fingerprint density at radius 2 is 2.32 bits per heavy atom. The van der Waals surface area contributed by atoms with E-state index in [0.29, 0.717) is 11.5 Å². The number of furan rings is 1. The van der Waals surface area contributed by atoms with Crippen LogP contribution in [0.2, 0.25) is 0 Å². The van der Waals surface area contributed by atoms with Gasteiger partial charge in [-0.2, -0.15) is 0 Å². The fourth-order valence-electron chi connectivity index (χ4n) is 1.84. The maximum absolute atomic E-state index is 11.3. The van der Waals surface area contributed by atoms with Gasteiger partial charge in [-0.1, -0.05) is 31.2 Å². The first-order valence-electron chi connectivity index (χ1n) is 6.51. The molecule has 0 fully saturated rings. The van der Waals surface area contributed by atoms with Gasteiger partial charge < -0.3 is 9.15 Å². The van der Waals surface area contributed by atoms with Crippen molar-refractivity contribution in [2.45, 2.75) is 33.1 Å². The number of hydrogen-bond donors (Lipinski definition) is 0. The van der Waals surface area contributed by atoms with Gasteiger partial charge in [-0.05, 0) is 31.7 Å². The average Bonchev–Trinajstić information content (AvgIpc) is 2.85. The molecule has 104 valence electrons. The van der Waals surface area contributed by atoms with E-state index in [2.05, 4.69) is 24.3 Å². The van der Waals surface area contributed by atoms with Gasteiger partial charge in [0.2, 0.25) is 0 Å². The van der Waals surface area contributed by atoms with E-state index in [1.165, 1.54) is 18.9 Å². The highest BCUT2D eigenvalue weighted by atomic mass is 16.5. The normalized spacial score (nSPS) is 13.1. The summed E-state index contributed by atoms with van der Waals surface area (Å²) in [5.41, 5.74) is 1.69. The van der Waals surface area contributed by atoms with E-state index in [1.807, 2.05) is 13.0 Å². The molecule has 0 aliphatic heterocycles. The lowest BCUT2D eigenvalue weighted by atomic mass is 9.99. The van der Waals surface area contributed by atoms with Crippen molar-refractivity contribution in [2.75, 3.05) is 7.11 Å². The Kier molecular flexibility index (Phi) is 6.13. The summed E-state index contributed by atoms with van der Waals surface area (Å²) in [5, 5.41) is 0. The van der Waals surface area contributed by atoms with Gasteiger partial charge in [-0.15, -0.1) is 0 Å². The first-order valence-corrected chi connectivity index (χ1v) is 6.51. The monoisotopic (exact) mass is 262 g/mol. The third-order valence-electron chi connectivity index (χ3n) is 3.07. The maximum Gasteiger partial charge on any atom is 0.341 e. The number of carbonyl (C=O) groups excluding carboxylic acids is 1. The molecule has 0 spiro atoms. The van der Waals surface area contributed by atoms with Crippen molar-refractivity contribution in [3.05, 3.63) is 48.0 Å². The summed E-state index contributed by atoms with van der Waals surface area (Å²) in [6, 6.07) is 1.76. The van der Waals surface area contributed by atoms with Crippen molar-refractivity contribution in [3.8, 4) is 0 Å². The Labute approximate surface area is 115 Å². The van der Waals surface area contributed by atoms with Crippen molar-refractivity contribution < 1.29 is 13.9 Å². The highest BCUT2D eigenvalue weighted by molar-refractivity contribution is 5.88. The quantitative estimate of drug-likeness (QED) is 0.547. The molecule has 19 heavy (non-hydrogen) atoms. The molecule has 0 radical (unpaired) electrons. The number of rotatable bonds is 7. The molecule has 3 nitrogen and oxygen atoms in total. The van der Waals surface area contributed by atoms with Crippen LogP contribution in [-0.2, 0) is 11.2 Å². The second-order valence-electron chi connectivity index (χ2n) is 4.83. The lowest BCUT2D eigenvalue weighted by molar-refractivity contribution is 0.0600. The van der Waals surface area contributed by atoms with Gasteiger partial charge >= 0.3 is 5.97 Å². The standard InChI is InChI=1S/C16H22O3/c1-5-12(2)7-6-8-13(3)9-15-10-14(11-19-15)16(17)18-4/h5,7,10-11,13H,1,6,8-9H2,2-4H3/b12-7-/t13-/m0/s1. The van der Waals surface area contributed by atoms with Crippen LogP contribution >= 0.6 is 0 Å². The molecule has 0 amide bonds. The molecular weight excluding hydrogens is 240 g/mol. The van der Waals surface area contributed by atoms with Crippen LogP contribution < -0.4 is 0 Å². The average molecular weight is 262 g/mol. The largest absolute Gasteiger partial charge is 0.468 e. The van der Waals surface area contributed by atoms with Gasteiger partial charge in [0.05, 0.1) is 12.7 Å². The number of methoxy groups -OCH3 is 1. The minimum atomic E-state index is -0.354. The first-order chi connectivity index (χ1) is 9.06. The molecule has 1 aromatic rings. The summed E-state index contributed by atoms with van der Waals surface area (Å²) >= 11 is 0. The highest BCUT2D eigenvalue weighted by Crippen LogP contribution is 2.17. The van der Waals surface area contributed by atoms with Crippen LogP contribution in [0.25, 0.3) is 0 Å². The SMILES string of the molecule is C=C/C(C)=C\CC[C@H](C)Cc1cc(C(=O)OC)co1. The van der Waals surface area contributed by atoms with Crippen LogP contribution in [0.3, 0.4) is 0 Å². The van der Waals surface area contributed by atoms with Crippen molar-refractivity contribution in [3.63, 3.8) is 0 Å². The molecular formula is C16H22O3. The Morgan fingerprint density at radius 3 is 2.95 bits per heavy atom. The van der Waals surface area contributed by atoms with Crippen LogP contribution in [0.15, 0.2) is 41.1 Å². The zero-order valence-electron chi connectivity index (χ0n) is 11.9. The molecule has 0 unspecified atom stereocenters. The summed E-state index contributed by atoms with van der Waals surface area (Å²) in [6.07, 6.45) is 8.45. The second kappa shape index (κ2) is 7.62. The topological polar surface area (TPSA) is 39.4 Å². The fourth-order valence-corrected chi connectivity index (χ4v) is 1.84. The molecule has 0 saturated carbocycles. The molecule has 1 rings (SSSR count). The molecule has 0 aromatic carbocycles. The zero-order chi connectivity index (χ0) is 14.3. The molecule has 0 saturated heterocycles. The van der Waals surface area contributed by atoms with Crippen molar-refractivity contribution in [1.82, 2.24) is 0 Å². The van der Waals surface area contributed by atoms with Crippen LogP contribution in [0.5, 0.6) is 0 Å². The fraction of sp³-hybridized carbons (Fsp3) is 0.438. The lowest BCUT2D eigenvalue weighted by Gasteiger charge is -2.07. The van der Waals surface area contributed by atoms with Gasteiger partial charge in [-0.25, -0.2) is 4.79 Å². The number of esters is 1. The minimum absolute atomic E-state index is 0.354. The molecule has 0 bridgehead atoms. The third-order valence-corrected chi connectivity index (χ3v) is 3.07. The van der Waals surface area contributed by atoms with Gasteiger partial charge in [0.15, 0.2) is 0 Å². The predicted octanol–water partition coefficient (Wildman–Crippen LogP) is 4.16. The molecule has 1 atom stereocenters. The number of ether oxygens (including phenoxy) is 1. The lowest BCUT2D eigenvalue weighted by Crippen LogP contribution is -2.00. The molecule has 0 aliphatic carbocycles. The minimum Gasteiger partial charge on any atom is -0.468 e. The Hall–Kier alpha value is -1.77. The summed E-state index contributed by atoms with van der Waals surface area (Å²) in [6.45, 7) is 7.95. The van der Waals surface area contributed by atoms with E-state index in [9.17, 15) is 4.79 Å². The van der Waals surface area contributed by atoms with Crippen LogP contribution in [0.1, 0.15) is 42.8 Å². The molecule has 1 aromatic heterocycles. The van der Waals surface area contributed by atoms with Gasteiger partial charge in [0.1, 0.15) is 12.0 Å². The Balaban J connectivity index is 2.44. The highest BCUT2D eigenvalue weighted by Gasteiger charge is 2.12. The van der Waals surface area contributed by atoms with Gasteiger partial charge in [0, 0.05) is 6.42 Å². The van der Waals surface area contributed by atoms with Gasteiger partial charge in [0.25, 0.3) is 0 Å². The molecule has 0 N–H and O–H groups in total. The Morgan fingerprint density at radius 1 is 1.58 bits per heavy atom. The summed E-state index contributed by atoms with van der Waals surface area (Å²) in [4.78, 5) is 11.3. The maximum atomic E-state index is 11.3. The van der Waals surface area contributed by atoms with E-state index in [4.69, 9.17) is 4.42 Å². The van der Waals surface area contributed by atoms with E-state index in [1.54, 1.807) is 6.07 Å². The molecule has 1 heterocycles. The van der Waals surface area contributed by atoms with E-state index in [0.717, 1.165) is 25.0 Å². The van der Waals surface area contributed by atoms with Crippen molar-refractivity contribution >= 4 is 5.97 Å². The predicted molar refractivity (Wildman–Crippen MR) is 76.1 cm³/mol. The van der Waals surface area contributed by atoms with E-state index in [-0.39, 0.29) is 5.97 Å². The number of carbonyl (C=O) groups is 1. The number of allylic oxidation sites excluding steroid dienone is 3. The Bertz CT molecular complexity index is 454.